The van der Waals surface area contributed by atoms with Gasteiger partial charge in [-0.1, -0.05) is 49.4 Å². The molecule has 3 unspecified atom stereocenters. The molecule has 2 aromatic carbocycles. The lowest BCUT2D eigenvalue weighted by molar-refractivity contribution is -0.125. The Balaban J connectivity index is 1.89. The van der Waals surface area contributed by atoms with E-state index in [1.54, 1.807) is 38.3 Å². The fourth-order valence-electron chi connectivity index (χ4n) is 2.43. The van der Waals surface area contributed by atoms with Crippen LogP contribution in [0.5, 0.6) is 5.75 Å². The van der Waals surface area contributed by atoms with Crippen molar-refractivity contribution in [3.05, 3.63) is 65.7 Å². The first-order valence-electron chi connectivity index (χ1n) is 7.93. The lowest BCUT2D eigenvalue weighted by Gasteiger charge is -2.21. The van der Waals surface area contributed by atoms with Gasteiger partial charge in [0, 0.05) is 12.6 Å². The van der Waals surface area contributed by atoms with E-state index in [-0.39, 0.29) is 18.5 Å². The zero-order valence-electron chi connectivity index (χ0n) is 14.0. The van der Waals surface area contributed by atoms with E-state index in [0.717, 1.165) is 16.9 Å². The molecule has 4 N–H and O–H groups in total. The minimum absolute atomic E-state index is 0.136. The van der Waals surface area contributed by atoms with Gasteiger partial charge < -0.3 is 20.9 Å². The highest BCUT2D eigenvalue weighted by atomic mass is 16.5. The van der Waals surface area contributed by atoms with Gasteiger partial charge in [-0.3, -0.25) is 4.79 Å². The number of carbonyl (C=O) groups is 1. The summed E-state index contributed by atoms with van der Waals surface area (Å²) in [5.74, 6) is 0.145. The van der Waals surface area contributed by atoms with Gasteiger partial charge in [-0.25, -0.2) is 0 Å². The quantitative estimate of drug-likeness (QED) is 0.727. The van der Waals surface area contributed by atoms with Crippen LogP contribution in [0.25, 0.3) is 0 Å². The molecule has 0 saturated heterocycles. The van der Waals surface area contributed by atoms with Gasteiger partial charge >= 0.3 is 0 Å². The van der Waals surface area contributed by atoms with E-state index in [4.69, 9.17) is 10.5 Å². The minimum atomic E-state index is -0.778. The van der Waals surface area contributed by atoms with Crippen molar-refractivity contribution >= 4 is 5.91 Å². The van der Waals surface area contributed by atoms with Gasteiger partial charge in [-0.15, -0.1) is 0 Å². The Bertz CT molecular complexity index is 643. The minimum Gasteiger partial charge on any atom is -0.497 e. The van der Waals surface area contributed by atoms with Crippen LogP contribution in [0.3, 0.4) is 0 Å². The van der Waals surface area contributed by atoms with Gasteiger partial charge in [0.2, 0.25) is 5.91 Å². The summed E-state index contributed by atoms with van der Waals surface area (Å²) in [4.78, 5) is 12.3. The van der Waals surface area contributed by atoms with Crippen LogP contribution in [0.2, 0.25) is 0 Å². The zero-order chi connectivity index (χ0) is 17.5. The molecular formula is C19H24N2O3. The SMILES string of the molecule is COc1ccc(C(O)CNC(=O)C(C)C(N)c2ccccc2)cc1. The molecule has 1 amide bonds. The molecule has 24 heavy (non-hydrogen) atoms. The second kappa shape index (κ2) is 8.47. The number of rotatable bonds is 7. The molecule has 0 aliphatic heterocycles. The maximum atomic E-state index is 12.3. The molecule has 0 saturated carbocycles. The average Bonchev–Trinajstić information content (AvgIpc) is 2.65. The molecule has 128 valence electrons. The molecule has 0 spiro atoms. The molecule has 0 heterocycles. The van der Waals surface area contributed by atoms with Crippen molar-refractivity contribution in [2.75, 3.05) is 13.7 Å². The number of nitrogens with one attached hydrogen (secondary N) is 1. The molecule has 0 bridgehead atoms. The van der Waals surface area contributed by atoms with Gasteiger partial charge in [0.25, 0.3) is 0 Å². The summed E-state index contributed by atoms with van der Waals surface area (Å²) in [6, 6.07) is 16.2. The summed E-state index contributed by atoms with van der Waals surface area (Å²) in [6.07, 6.45) is -0.778. The lowest BCUT2D eigenvalue weighted by Crippen LogP contribution is -2.37. The summed E-state index contributed by atoms with van der Waals surface area (Å²) in [5.41, 5.74) is 7.78. The monoisotopic (exact) mass is 328 g/mol. The molecule has 0 radical (unpaired) electrons. The summed E-state index contributed by atoms with van der Waals surface area (Å²) >= 11 is 0. The summed E-state index contributed by atoms with van der Waals surface area (Å²) in [5, 5.41) is 12.9. The topological polar surface area (TPSA) is 84.6 Å². The highest BCUT2D eigenvalue weighted by Gasteiger charge is 2.22. The first kappa shape index (κ1) is 18.0. The Kier molecular flexibility index (Phi) is 6.35. The number of methoxy groups -OCH3 is 1. The van der Waals surface area contributed by atoms with Crippen LogP contribution < -0.4 is 15.8 Å². The highest BCUT2D eigenvalue weighted by molar-refractivity contribution is 5.79. The van der Waals surface area contributed by atoms with Gasteiger partial charge in [0.1, 0.15) is 5.75 Å². The Hall–Kier alpha value is -2.37. The number of benzene rings is 2. The molecule has 2 aromatic rings. The number of hydrogen-bond acceptors (Lipinski definition) is 4. The fourth-order valence-corrected chi connectivity index (χ4v) is 2.43. The third kappa shape index (κ3) is 4.57. The summed E-state index contributed by atoms with van der Waals surface area (Å²) in [7, 11) is 1.59. The van der Waals surface area contributed by atoms with Crippen LogP contribution in [0.15, 0.2) is 54.6 Å². The maximum Gasteiger partial charge on any atom is 0.224 e. The Morgan fingerprint density at radius 3 is 2.33 bits per heavy atom. The number of nitrogens with two attached hydrogens (primary N) is 1. The normalized spacial score (nSPS) is 14.5. The number of aliphatic hydroxyl groups is 1. The standard InChI is InChI=1S/C19H24N2O3/c1-13(18(20)15-6-4-3-5-7-15)19(23)21-12-17(22)14-8-10-16(24-2)11-9-14/h3-11,13,17-18,22H,12,20H2,1-2H3,(H,21,23). The summed E-state index contributed by atoms with van der Waals surface area (Å²) < 4.78 is 5.08. The Morgan fingerprint density at radius 2 is 1.75 bits per heavy atom. The van der Waals surface area contributed by atoms with Crippen LogP contribution in [0.1, 0.15) is 30.2 Å². The van der Waals surface area contributed by atoms with Crippen LogP contribution in [0, 0.1) is 5.92 Å². The van der Waals surface area contributed by atoms with Crippen LogP contribution >= 0.6 is 0 Å². The number of hydrogen-bond donors (Lipinski definition) is 3. The molecule has 0 fully saturated rings. The first-order chi connectivity index (χ1) is 11.5. The second-order valence-corrected chi connectivity index (χ2v) is 5.76. The third-order valence-electron chi connectivity index (χ3n) is 4.11. The van der Waals surface area contributed by atoms with Crippen LogP contribution in [-0.2, 0) is 4.79 Å². The maximum absolute atomic E-state index is 12.3. The lowest BCUT2D eigenvalue weighted by atomic mass is 9.94. The van der Waals surface area contributed by atoms with E-state index in [0.29, 0.717) is 0 Å². The molecule has 0 aliphatic rings. The van der Waals surface area contributed by atoms with E-state index in [1.807, 2.05) is 30.3 Å². The van der Waals surface area contributed by atoms with Crippen molar-refractivity contribution in [2.45, 2.75) is 19.1 Å². The molecule has 2 rings (SSSR count). The smallest absolute Gasteiger partial charge is 0.224 e. The highest BCUT2D eigenvalue weighted by Crippen LogP contribution is 2.20. The van der Waals surface area contributed by atoms with Gasteiger partial charge in [-0.05, 0) is 23.3 Å². The van der Waals surface area contributed by atoms with Gasteiger partial charge in [-0.2, -0.15) is 0 Å². The van der Waals surface area contributed by atoms with Crippen molar-refractivity contribution in [1.29, 1.82) is 0 Å². The molecular weight excluding hydrogens is 304 g/mol. The second-order valence-electron chi connectivity index (χ2n) is 5.76. The van der Waals surface area contributed by atoms with Crippen molar-refractivity contribution in [3.63, 3.8) is 0 Å². The number of amides is 1. The van der Waals surface area contributed by atoms with Crippen molar-refractivity contribution in [3.8, 4) is 5.75 Å². The van der Waals surface area contributed by atoms with Crippen LogP contribution in [0.4, 0.5) is 0 Å². The zero-order valence-corrected chi connectivity index (χ0v) is 14.0. The molecule has 0 aromatic heterocycles. The molecule has 5 heteroatoms. The van der Waals surface area contributed by atoms with Crippen molar-refractivity contribution in [1.82, 2.24) is 5.32 Å². The van der Waals surface area contributed by atoms with Gasteiger partial charge in [0.05, 0.1) is 19.1 Å². The summed E-state index contributed by atoms with van der Waals surface area (Å²) in [6.45, 7) is 1.92. The van der Waals surface area contributed by atoms with E-state index in [9.17, 15) is 9.90 Å². The number of carbonyl (C=O) groups excluding carboxylic acids is 1. The average molecular weight is 328 g/mol. The van der Waals surface area contributed by atoms with Crippen molar-refractivity contribution in [2.24, 2.45) is 11.7 Å². The van der Waals surface area contributed by atoms with Crippen molar-refractivity contribution < 1.29 is 14.6 Å². The fraction of sp³-hybridized carbons (Fsp3) is 0.316. The number of aliphatic hydroxyl groups excluding tert-OH is 1. The molecule has 0 aliphatic carbocycles. The largest absolute Gasteiger partial charge is 0.497 e. The number of ether oxygens (including phenoxy) is 1. The Morgan fingerprint density at radius 1 is 1.12 bits per heavy atom. The predicted octanol–water partition coefficient (Wildman–Crippen LogP) is 2.18. The molecule has 5 nitrogen and oxygen atoms in total. The van der Waals surface area contributed by atoms with Gasteiger partial charge in [0.15, 0.2) is 0 Å². The molecule has 3 atom stereocenters. The van der Waals surface area contributed by atoms with E-state index in [1.165, 1.54) is 0 Å². The van der Waals surface area contributed by atoms with E-state index < -0.39 is 12.0 Å². The predicted molar refractivity (Wildman–Crippen MR) is 93.5 cm³/mol. The van der Waals surface area contributed by atoms with E-state index >= 15 is 0 Å². The van der Waals surface area contributed by atoms with Crippen LogP contribution in [-0.4, -0.2) is 24.7 Å². The Labute approximate surface area is 142 Å². The first-order valence-corrected chi connectivity index (χ1v) is 7.93. The third-order valence-corrected chi connectivity index (χ3v) is 4.11. The van der Waals surface area contributed by atoms with E-state index in [2.05, 4.69) is 5.32 Å².